The van der Waals surface area contributed by atoms with Crippen LogP contribution in [0.5, 0.6) is 0 Å². The topological polar surface area (TPSA) is 85.1 Å². The van der Waals surface area contributed by atoms with Crippen LogP contribution in [0.4, 0.5) is 0 Å². The summed E-state index contributed by atoms with van der Waals surface area (Å²) in [6, 6.07) is 0. The zero-order valence-electron chi connectivity index (χ0n) is 9.75. The van der Waals surface area contributed by atoms with E-state index < -0.39 is 16.8 Å². The molecule has 96 valence electrons. The number of rotatable bonds is 7. The molecule has 0 aromatic carbocycles. The van der Waals surface area contributed by atoms with E-state index in [2.05, 4.69) is 10.2 Å². The lowest BCUT2D eigenvalue weighted by molar-refractivity contribution is -0.133. The molecule has 0 amide bonds. The van der Waals surface area contributed by atoms with E-state index >= 15 is 0 Å². The highest BCUT2D eigenvalue weighted by Gasteiger charge is 2.11. The van der Waals surface area contributed by atoms with Crippen LogP contribution in [0.15, 0.2) is 5.16 Å². The van der Waals surface area contributed by atoms with E-state index in [9.17, 15) is 9.00 Å². The average Bonchev–Trinajstić information content (AvgIpc) is 2.64. The van der Waals surface area contributed by atoms with Gasteiger partial charge in [-0.15, -0.1) is 10.2 Å². The van der Waals surface area contributed by atoms with Gasteiger partial charge in [-0.2, -0.15) is 0 Å². The number of aromatic nitrogens is 3. The fourth-order valence-electron chi connectivity index (χ4n) is 1.19. The lowest BCUT2D eigenvalue weighted by atomic mass is 10.6. The first kappa shape index (κ1) is 14.2. The van der Waals surface area contributed by atoms with Gasteiger partial charge in [-0.1, -0.05) is 18.7 Å². The molecule has 1 unspecified atom stereocenters. The minimum Gasteiger partial charge on any atom is -0.481 e. The summed E-state index contributed by atoms with van der Waals surface area (Å²) in [7, 11) is -0.843. The Morgan fingerprint density at radius 2 is 2.24 bits per heavy atom. The molecule has 1 aromatic heterocycles. The van der Waals surface area contributed by atoms with Gasteiger partial charge in [-0.05, 0) is 6.92 Å². The maximum atomic E-state index is 11.4. The average molecular weight is 277 g/mol. The van der Waals surface area contributed by atoms with Crippen LogP contribution in [-0.4, -0.2) is 47.3 Å². The largest absolute Gasteiger partial charge is 0.481 e. The van der Waals surface area contributed by atoms with Crippen molar-refractivity contribution in [1.82, 2.24) is 14.8 Å². The first-order chi connectivity index (χ1) is 8.04. The van der Waals surface area contributed by atoms with Crippen molar-refractivity contribution in [3.05, 3.63) is 5.82 Å². The van der Waals surface area contributed by atoms with Crippen LogP contribution in [0.3, 0.4) is 0 Å². The molecule has 0 aliphatic rings. The van der Waals surface area contributed by atoms with Crippen LogP contribution in [0.1, 0.15) is 12.7 Å². The van der Waals surface area contributed by atoms with E-state index in [1.807, 2.05) is 6.92 Å². The van der Waals surface area contributed by atoms with Crippen molar-refractivity contribution >= 4 is 28.5 Å². The van der Waals surface area contributed by atoms with Crippen LogP contribution in [0.2, 0.25) is 0 Å². The molecule has 8 heteroatoms. The maximum absolute atomic E-state index is 11.4. The summed E-state index contributed by atoms with van der Waals surface area (Å²) in [5.74, 6) is 0.939. The molecule has 1 aromatic rings. The Labute approximate surface area is 106 Å². The lowest BCUT2D eigenvalue weighted by Gasteiger charge is -2.06. The maximum Gasteiger partial charge on any atom is 0.313 e. The first-order valence-electron chi connectivity index (χ1n) is 5.14. The molecule has 1 rings (SSSR count). The summed E-state index contributed by atoms with van der Waals surface area (Å²) in [6.07, 6.45) is 0. The second-order valence-corrected chi connectivity index (χ2v) is 6.10. The fourth-order valence-corrected chi connectivity index (χ4v) is 2.59. The van der Waals surface area contributed by atoms with Crippen molar-refractivity contribution in [2.45, 2.75) is 25.5 Å². The molecule has 6 nitrogen and oxygen atoms in total. The summed E-state index contributed by atoms with van der Waals surface area (Å²) < 4.78 is 13.2. The van der Waals surface area contributed by atoms with Crippen molar-refractivity contribution in [2.24, 2.45) is 0 Å². The Hall–Kier alpha value is -0.890. The predicted molar refractivity (Wildman–Crippen MR) is 66.7 cm³/mol. The highest BCUT2D eigenvalue weighted by Crippen LogP contribution is 2.16. The van der Waals surface area contributed by atoms with Crippen LogP contribution < -0.4 is 0 Å². The normalized spacial score (nSPS) is 12.6. The molecule has 0 spiro atoms. The first-order valence-corrected chi connectivity index (χ1v) is 7.61. The second-order valence-electron chi connectivity index (χ2n) is 3.30. The minimum atomic E-state index is -0.890. The predicted octanol–water partition coefficient (Wildman–Crippen LogP) is 0.532. The van der Waals surface area contributed by atoms with Crippen LogP contribution in [0.25, 0.3) is 0 Å². The number of carboxylic acid groups (broad SMARTS) is 1. The Morgan fingerprint density at radius 3 is 2.82 bits per heavy atom. The van der Waals surface area contributed by atoms with E-state index in [0.717, 1.165) is 11.8 Å². The smallest absolute Gasteiger partial charge is 0.313 e. The van der Waals surface area contributed by atoms with Gasteiger partial charge in [0.05, 0.1) is 5.75 Å². The van der Waals surface area contributed by atoms with Gasteiger partial charge in [0, 0.05) is 28.9 Å². The second kappa shape index (κ2) is 6.75. The van der Waals surface area contributed by atoms with Gasteiger partial charge in [-0.3, -0.25) is 9.00 Å². The summed E-state index contributed by atoms with van der Waals surface area (Å²) in [4.78, 5) is 10.5. The number of nitrogens with zero attached hydrogens (tertiary/aromatic N) is 3. The highest BCUT2D eigenvalue weighted by molar-refractivity contribution is 7.99. The Balaban J connectivity index is 2.65. The molecule has 0 fully saturated rings. The molecule has 1 atom stereocenters. The Kier molecular flexibility index (Phi) is 5.63. The summed E-state index contributed by atoms with van der Waals surface area (Å²) in [6.45, 7) is 4.23. The molecular formula is C9H15N3O3S2. The molecule has 0 aliphatic heterocycles. The minimum absolute atomic E-state index is 0.0466. The third-order valence-corrected chi connectivity index (χ3v) is 4.32. The standard InChI is InChI=1S/C9H15N3O3S2/c1-3-17(15)5-4-12-7(2)10-11-9(12)16-6-8(13)14/h3-6H2,1-2H3,(H,13,14). The van der Waals surface area contributed by atoms with Crippen molar-refractivity contribution in [3.63, 3.8) is 0 Å². The molecular weight excluding hydrogens is 262 g/mol. The van der Waals surface area contributed by atoms with Gasteiger partial charge in [0.2, 0.25) is 0 Å². The Morgan fingerprint density at radius 1 is 1.53 bits per heavy atom. The van der Waals surface area contributed by atoms with E-state index in [-0.39, 0.29) is 5.75 Å². The van der Waals surface area contributed by atoms with E-state index in [1.165, 1.54) is 0 Å². The number of aryl methyl sites for hydroxylation is 1. The van der Waals surface area contributed by atoms with Crippen LogP contribution in [-0.2, 0) is 22.1 Å². The number of hydrogen-bond donors (Lipinski definition) is 1. The summed E-state index contributed by atoms with van der Waals surface area (Å²) >= 11 is 1.13. The van der Waals surface area contributed by atoms with Crippen molar-refractivity contribution in [1.29, 1.82) is 0 Å². The van der Waals surface area contributed by atoms with Crippen molar-refractivity contribution in [2.75, 3.05) is 17.3 Å². The number of thioether (sulfide) groups is 1. The lowest BCUT2D eigenvalue weighted by Crippen LogP contribution is -2.11. The quantitative estimate of drug-likeness (QED) is 0.732. The zero-order chi connectivity index (χ0) is 12.8. The van der Waals surface area contributed by atoms with Gasteiger partial charge >= 0.3 is 5.97 Å². The van der Waals surface area contributed by atoms with Gasteiger partial charge in [0.1, 0.15) is 5.82 Å². The monoisotopic (exact) mass is 277 g/mol. The summed E-state index contributed by atoms with van der Waals surface area (Å²) in [5, 5.41) is 17.0. The summed E-state index contributed by atoms with van der Waals surface area (Å²) in [5.41, 5.74) is 0. The van der Waals surface area contributed by atoms with Crippen molar-refractivity contribution < 1.29 is 14.1 Å². The molecule has 1 N–H and O–H groups in total. The third-order valence-electron chi connectivity index (χ3n) is 2.09. The molecule has 1 heterocycles. The molecule has 0 bridgehead atoms. The van der Waals surface area contributed by atoms with E-state index in [4.69, 9.17) is 5.11 Å². The van der Waals surface area contributed by atoms with Crippen molar-refractivity contribution in [3.8, 4) is 0 Å². The van der Waals surface area contributed by atoms with E-state index in [0.29, 0.717) is 29.0 Å². The number of hydrogen-bond acceptors (Lipinski definition) is 5. The SMILES string of the molecule is CCS(=O)CCn1c(C)nnc1SCC(=O)O. The highest BCUT2D eigenvalue weighted by atomic mass is 32.2. The Bertz CT molecular complexity index is 420. The molecule has 0 saturated carbocycles. The molecule has 17 heavy (non-hydrogen) atoms. The zero-order valence-corrected chi connectivity index (χ0v) is 11.4. The van der Waals surface area contributed by atoms with Gasteiger partial charge in [0.15, 0.2) is 5.16 Å². The number of carbonyl (C=O) groups is 1. The molecule has 0 aliphatic carbocycles. The van der Waals surface area contributed by atoms with Crippen LogP contribution >= 0.6 is 11.8 Å². The third kappa shape index (κ3) is 4.47. The fraction of sp³-hybridized carbons (Fsp3) is 0.667. The molecule has 0 saturated heterocycles. The molecule has 0 radical (unpaired) electrons. The van der Waals surface area contributed by atoms with Crippen LogP contribution in [0, 0.1) is 6.92 Å². The van der Waals surface area contributed by atoms with Gasteiger partial charge in [-0.25, -0.2) is 0 Å². The number of aliphatic carboxylic acids is 1. The van der Waals surface area contributed by atoms with Gasteiger partial charge in [0.25, 0.3) is 0 Å². The number of carboxylic acids is 1. The van der Waals surface area contributed by atoms with Gasteiger partial charge < -0.3 is 9.67 Å². The van der Waals surface area contributed by atoms with E-state index in [1.54, 1.807) is 11.5 Å².